The smallest absolute Gasteiger partial charge is 0.255 e. The number of amides is 1. The maximum atomic E-state index is 12.1. The molecule has 1 N–H and O–H groups in total. The van der Waals surface area contributed by atoms with E-state index in [1.807, 2.05) is 5.38 Å². The normalized spacial score (nSPS) is 20.5. The summed E-state index contributed by atoms with van der Waals surface area (Å²) in [6.45, 7) is 1.88. The van der Waals surface area contributed by atoms with Crippen LogP contribution in [0.5, 0.6) is 0 Å². The summed E-state index contributed by atoms with van der Waals surface area (Å²) in [6.07, 6.45) is 0. The molecular formula is C10H10BrN3OS. The molecule has 1 amide bonds. The molecule has 4 nitrogen and oxygen atoms in total. The van der Waals surface area contributed by atoms with Crippen molar-refractivity contribution in [3.05, 3.63) is 20.8 Å². The molecule has 2 heterocycles. The summed E-state index contributed by atoms with van der Waals surface area (Å²) in [7, 11) is 0. The third-order valence-corrected chi connectivity index (χ3v) is 3.97. The maximum Gasteiger partial charge on any atom is 0.255 e. The van der Waals surface area contributed by atoms with Gasteiger partial charge in [-0.3, -0.25) is 4.79 Å². The first-order chi connectivity index (χ1) is 7.72. The zero-order valence-electron chi connectivity index (χ0n) is 8.44. The molecule has 2 rings (SSSR count). The van der Waals surface area contributed by atoms with Crippen LogP contribution in [0.15, 0.2) is 15.2 Å². The van der Waals surface area contributed by atoms with Crippen LogP contribution in [0.1, 0.15) is 10.4 Å². The van der Waals surface area contributed by atoms with Crippen LogP contribution in [-0.4, -0.2) is 36.5 Å². The highest BCUT2D eigenvalue weighted by Gasteiger charge is 2.27. The van der Waals surface area contributed by atoms with Crippen molar-refractivity contribution >= 4 is 33.2 Å². The fraction of sp³-hybridized carbons (Fsp3) is 0.400. The van der Waals surface area contributed by atoms with E-state index >= 15 is 0 Å². The molecule has 1 atom stereocenters. The van der Waals surface area contributed by atoms with Gasteiger partial charge in [0, 0.05) is 25.0 Å². The Morgan fingerprint density at radius 2 is 2.56 bits per heavy atom. The molecule has 1 saturated heterocycles. The van der Waals surface area contributed by atoms with Gasteiger partial charge < -0.3 is 10.2 Å². The van der Waals surface area contributed by atoms with Gasteiger partial charge in [0.25, 0.3) is 5.91 Å². The Hall–Kier alpha value is -0.900. The number of halogens is 1. The number of hydrogen-bond donors (Lipinski definition) is 1. The van der Waals surface area contributed by atoms with Gasteiger partial charge in [0.1, 0.15) is 6.04 Å². The Labute approximate surface area is 106 Å². The van der Waals surface area contributed by atoms with Gasteiger partial charge in [0.05, 0.1) is 15.4 Å². The van der Waals surface area contributed by atoms with Gasteiger partial charge >= 0.3 is 0 Å². The summed E-state index contributed by atoms with van der Waals surface area (Å²) >= 11 is 4.80. The van der Waals surface area contributed by atoms with Crippen molar-refractivity contribution < 1.29 is 4.79 Å². The lowest BCUT2D eigenvalue weighted by atomic mass is 10.2. The van der Waals surface area contributed by atoms with Crippen molar-refractivity contribution in [1.82, 2.24) is 10.2 Å². The molecule has 84 valence electrons. The molecule has 1 aromatic rings. The van der Waals surface area contributed by atoms with Gasteiger partial charge in [-0.15, -0.1) is 11.3 Å². The quantitative estimate of drug-likeness (QED) is 0.854. The molecule has 0 spiro atoms. The van der Waals surface area contributed by atoms with Gasteiger partial charge in [0.15, 0.2) is 0 Å². The number of nitrogens with zero attached hydrogens (tertiary/aromatic N) is 2. The summed E-state index contributed by atoms with van der Waals surface area (Å²) in [4.78, 5) is 13.7. The van der Waals surface area contributed by atoms with E-state index in [4.69, 9.17) is 5.26 Å². The zero-order chi connectivity index (χ0) is 11.5. The molecule has 0 aliphatic carbocycles. The molecule has 0 saturated carbocycles. The number of thiophene rings is 1. The Balaban J connectivity index is 2.17. The van der Waals surface area contributed by atoms with E-state index in [2.05, 4.69) is 27.3 Å². The van der Waals surface area contributed by atoms with Crippen LogP contribution in [-0.2, 0) is 0 Å². The number of carbonyl (C=O) groups excluding carboxylic acids is 1. The number of nitrogens with one attached hydrogen (secondary N) is 1. The molecule has 16 heavy (non-hydrogen) atoms. The summed E-state index contributed by atoms with van der Waals surface area (Å²) in [5, 5.41) is 13.9. The van der Waals surface area contributed by atoms with Crippen molar-refractivity contribution in [3.63, 3.8) is 0 Å². The lowest BCUT2D eigenvalue weighted by molar-refractivity contribution is 0.0687. The predicted molar refractivity (Wildman–Crippen MR) is 65.3 cm³/mol. The second kappa shape index (κ2) is 4.95. The van der Waals surface area contributed by atoms with Crippen LogP contribution in [0.25, 0.3) is 0 Å². The summed E-state index contributed by atoms with van der Waals surface area (Å²) in [5.41, 5.74) is 0.652. The van der Waals surface area contributed by atoms with Crippen LogP contribution in [0.3, 0.4) is 0 Å². The van der Waals surface area contributed by atoms with Crippen LogP contribution in [0, 0.1) is 11.3 Å². The average Bonchev–Trinajstić information content (AvgIpc) is 2.75. The van der Waals surface area contributed by atoms with E-state index < -0.39 is 0 Å². The highest BCUT2D eigenvalue weighted by atomic mass is 79.9. The first-order valence-corrected chi connectivity index (χ1v) is 6.55. The number of hydrogen-bond acceptors (Lipinski definition) is 4. The highest BCUT2D eigenvalue weighted by Crippen LogP contribution is 2.22. The van der Waals surface area contributed by atoms with E-state index in [0.29, 0.717) is 18.7 Å². The van der Waals surface area contributed by atoms with Gasteiger partial charge in [-0.1, -0.05) is 0 Å². The second-order valence-electron chi connectivity index (χ2n) is 3.49. The number of carbonyl (C=O) groups is 1. The molecule has 1 aliphatic rings. The Kier molecular flexibility index (Phi) is 3.59. The van der Waals surface area contributed by atoms with Gasteiger partial charge in [-0.25, -0.2) is 0 Å². The molecule has 0 bridgehead atoms. The van der Waals surface area contributed by atoms with Gasteiger partial charge in [0.2, 0.25) is 0 Å². The van der Waals surface area contributed by atoms with Crippen molar-refractivity contribution in [1.29, 1.82) is 5.26 Å². The largest absolute Gasteiger partial charge is 0.320 e. The van der Waals surface area contributed by atoms with Gasteiger partial charge in [-0.2, -0.15) is 5.26 Å². The molecule has 1 fully saturated rings. The average molecular weight is 300 g/mol. The van der Waals surface area contributed by atoms with Crippen molar-refractivity contribution in [2.24, 2.45) is 0 Å². The van der Waals surface area contributed by atoms with Crippen LogP contribution < -0.4 is 5.32 Å². The van der Waals surface area contributed by atoms with E-state index in [0.717, 1.165) is 10.3 Å². The second-order valence-corrected chi connectivity index (χ2v) is 5.78. The first kappa shape index (κ1) is 11.6. The minimum absolute atomic E-state index is 0.0602. The van der Waals surface area contributed by atoms with E-state index in [9.17, 15) is 4.79 Å². The third kappa shape index (κ3) is 2.26. The topological polar surface area (TPSA) is 56.1 Å². The minimum Gasteiger partial charge on any atom is -0.320 e. The van der Waals surface area contributed by atoms with Crippen molar-refractivity contribution in [3.8, 4) is 6.07 Å². The number of piperazine rings is 1. The minimum atomic E-state index is -0.361. The molecule has 1 aromatic heterocycles. The standard InChI is InChI=1S/C10H10BrN3OS/c11-9-3-7(6-16-9)10(15)14-2-1-13-5-8(14)4-12/h3,6,8,13H,1-2,5H2. The van der Waals surface area contributed by atoms with E-state index in [1.165, 1.54) is 11.3 Å². The Bertz CT molecular complexity index is 440. The predicted octanol–water partition coefficient (Wildman–Crippen LogP) is 1.45. The SMILES string of the molecule is N#CC1CNCCN1C(=O)c1csc(Br)c1. The van der Waals surface area contributed by atoms with Gasteiger partial charge in [-0.05, 0) is 22.0 Å². The summed E-state index contributed by atoms with van der Waals surface area (Å²) in [6, 6.07) is 3.58. The van der Waals surface area contributed by atoms with Crippen molar-refractivity contribution in [2.45, 2.75) is 6.04 Å². The summed E-state index contributed by atoms with van der Waals surface area (Å²) in [5.74, 6) is -0.0602. The maximum absolute atomic E-state index is 12.1. The Morgan fingerprint density at radius 3 is 3.19 bits per heavy atom. The molecule has 1 unspecified atom stereocenters. The molecule has 1 aliphatic heterocycles. The fourth-order valence-corrected chi connectivity index (χ4v) is 2.78. The first-order valence-electron chi connectivity index (χ1n) is 4.87. The molecule has 0 radical (unpaired) electrons. The number of rotatable bonds is 1. The highest BCUT2D eigenvalue weighted by molar-refractivity contribution is 9.11. The third-order valence-electron chi connectivity index (χ3n) is 2.47. The van der Waals surface area contributed by atoms with E-state index in [-0.39, 0.29) is 11.9 Å². The monoisotopic (exact) mass is 299 g/mol. The van der Waals surface area contributed by atoms with Crippen LogP contribution >= 0.6 is 27.3 Å². The van der Waals surface area contributed by atoms with Crippen LogP contribution in [0.2, 0.25) is 0 Å². The zero-order valence-corrected chi connectivity index (χ0v) is 10.8. The molecule has 0 aromatic carbocycles. The van der Waals surface area contributed by atoms with Crippen molar-refractivity contribution in [2.75, 3.05) is 19.6 Å². The lowest BCUT2D eigenvalue weighted by Gasteiger charge is -2.31. The molecular weight excluding hydrogens is 290 g/mol. The molecule has 6 heteroatoms. The fourth-order valence-electron chi connectivity index (χ4n) is 1.65. The number of nitriles is 1. The Morgan fingerprint density at radius 1 is 1.75 bits per heavy atom. The van der Waals surface area contributed by atoms with E-state index in [1.54, 1.807) is 11.0 Å². The summed E-state index contributed by atoms with van der Waals surface area (Å²) < 4.78 is 0.930. The lowest BCUT2D eigenvalue weighted by Crippen LogP contribution is -2.52. The van der Waals surface area contributed by atoms with Crippen LogP contribution in [0.4, 0.5) is 0 Å².